The van der Waals surface area contributed by atoms with Crippen molar-refractivity contribution in [1.29, 1.82) is 0 Å². The van der Waals surface area contributed by atoms with E-state index in [0.717, 1.165) is 6.42 Å². The number of halogens is 1. The van der Waals surface area contributed by atoms with E-state index in [9.17, 15) is 0 Å². The van der Waals surface area contributed by atoms with E-state index >= 15 is 0 Å². The number of unbranched alkanes of at least 4 members (excludes halogenated alkanes) is 9. The molecule has 0 aromatic heterocycles. The summed E-state index contributed by atoms with van der Waals surface area (Å²) in [4.78, 5) is 0. The van der Waals surface area contributed by atoms with Crippen LogP contribution in [0.1, 0.15) is 64.2 Å². The predicted molar refractivity (Wildman–Crippen MR) is 105 cm³/mol. The zero-order valence-electron chi connectivity index (χ0n) is 15.2. The van der Waals surface area contributed by atoms with Crippen LogP contribution < -0.4 is 0 Å². The molecule has 0 saturated heterocycles. The van der Waals surface area contributed by atoms with Gasteiger partial charge in [0.15, 0.2) is 0 Å². The molecule has 0 saturated carbocycles. The van der Waals surface area contributed by atoms with Gasteiger partial charge in [-0.15, -0.1) is 11.5 Å². The maximum atomic E-state index is 6.32. The zero-order valence-corrected chi connectivity index (χ0v) is 17.9. The Balaban J connectivity index is 3.21. The average molecular weight is 345 g/mol. The Morgan fingerprint density at radius 3 is 1.52 bits per heavy atom. The molecule has 0 N–H and O–H groups in total. The van der Waals surface area contributed by atoms with Crippen LogP contribution in [0.15, 0.2) is 0 Å². The topological polar surface area (TPSA) is 0 Å². The third-order valence-electron chi connectivity index (χ3n) is 3.54. The third-order valence-corrected chi connectivity index (χ3v) is 6.57. The summed E-state index contributed by atoms with van der Waals surface area (Å²) in [5.74, 6) is 3.37. The third kappa shape index (κ3) is 20.3. The molecular formula is C18H37ClSi2. The molecule has 124 valence electrons. The van der Waals surface area contributed by atoms with Crippen LogP contribution in [-0.4, -0.2) is 15.5 Å². The standard InChI is InChI=1S/C18H37ClSi2/c1-20(2,3)17-15-13-11-9-7-6-8-10-12-14-16-18-21(4,5)19/h6-14,16,18H2,1-5H3. The van der Waals surface area contributed by atoms with Gasteiger partial charge >= 0.3 is 0 Å². The van der Waals surface area contributed by atoms with Gasteiger partial charge in [-0.3, -0.25) is 0 Å². The lowest BCUT2D eigenvalue weighted by atomic mass is 10.1. The highest BCUT2D eigenvalue weighted by molar-refractivity contribution is 7.19. The van der Waals surface area contributed by atoms with E-state index in [4.69, 9.17) is 11.1 Å². The Bertz CT molecular complexity index is 302. The van der Waals surface area contributed by atoms with Crippen molar-refractivity contribution in [3.05, 3.63) is 0 Å². The van der Waals surface area contributed by atoms with Gasteiger partial charge in [0.2, 0.25) is 0 Å². The molecule has 0 aliphatic carbocycles. The van der Waals surface area contributed by atoms with Gasteiger partial charge in [-0.1, -0.05) is 84.1 Å². The molecule has 0 aromatic rings. The summed E-state index contributed by atoms with van der Waals surface area (Å²) < 4.78 is 0. The molecule has 0 nitrogen and oxygen atoms in total. The first-order chi connectivity index (χ1) is 9.71. The first-order valence-electron chi connectivity index (χ1n) is 8.90. The van der Waals surface area contributed by atoms with Gasteiger partial charge in [0.05, 0.1) is 0 Å². The summed E-state index contributed by atoms with van der Waals surface area (Å²) in [6.45, 7) is 11.5. The fraction of sp³-hybridized carbons (Fsp3) is 0.889. The Hall–Kier alpha value is 0.284. The first kappa shape index (κ1) is 21.3. The molecule has 0 rings (SSSR count). The molecule has 0 atom stereocenters. The van der Waals surface area contributed by atoms with Gasteiger partial charge in [-0.2, -0.15) is 11.1 Å². The highest BCUT2D eigenvalue weighted by Crippen LogP contribution is 2.19. The van der Waals surface area contributed by atoms with Crippen molar-refractivity contribution in [2.24, 2.45) is 0 Å². The van der Waals surface area contributed by atoms with Crippen molar-refractivity contribution >= 4 is 26.5 Å². The molecular weight excluding hydrogens is 308 g/mol. The van der Waals surface area contributed by atoms with Crippen molar-refractivity contribution in [2.75, 3.05) is 0 Å². The lowest BCUT2D eigenvalue weighted by molar-refractivity contribution is 0.567. The lowest BCUT2D eigenvalue weighted by Crippen LogP contribution is -2.16. The molecule has 3 heteroatoms. The Labute approximate surface area is 141 Å². The average Bonchev–Trinajstić information content (AvgIpc) is 2.32. The second-order valence-corrected chi connectivity index (χ2v) is 19.7. The van der Waals surface area contributed by atoms with Gasteiger partial charge in [0, 0.05) is 6.42 Å². The monoisotopic (exact) mass is 344 g/mol. The van der Waals surface area contributed by atoms with E-state index in [1.807, 2.05) is 0 Å². The molecule has 0 fully saturated rings. The fourth-order valence-electron chi connectivity index (χ4n) is 2.32. The highest BCUT2D eigenvalue weighted by atomic mass is 35.6. The van der Waals surface area contributed by atoms with Gasteiger partial charge in [-0.05, 0) is 12.5 Å². The second-order valence-electron chi connectivity index (χ2n) is 7.95. The summed E-state index contributed by atoms with van der Waals surface area (Å²) in [5, 5.41) is 0. The van der Waals surface area contributed by atoms with Crippen molar-refractivity contribution in [2.45, 2.75) is 103 Å². The SMILES string of the molecule is C[Si](C)(C)C#CCCCCCCCCCCC[Si](C)(C)Cl. The fourth-order valence-corrected chi connectivity index (χ4v) is 4.47. The highest BCUT2D eigenvalue weighted by Gasteiger charge is 2.15. The van der Waals surface area contributed by atoms with Crippen LogP contribution in [0.5, 0.6) is 0 Å². The minimum Gasteiger partial charge on any atom is -0.168 e. The summed E-state index contributed by atoms with van der Waals surface area (Å²) in [5.41, 5.74) is 3.45. The van der Waals surface area contributed by atoms with E-state index in [1.165, 1.54) is 63.8 Å². The minimum absolute atomic E-state index is 1.11. The summed E-state index contributed by atoms with van der Waals surface area (Å²) in [6, 6.07) is 1.28. The largest absolute Gasteiger partial charge is 0.168 e. The van der Waals surface area contributed by atoms with Gasteiger partial charge in [0.1, 0.15) is 15.5 Å². The predicted octanol–water partition coefficient (Wildman–Crippen LogP) is 7.21. The quantitative estimate of drug-likeness (QED) is 0.161. The van der Waals surface area contributed by atoms with Gasteiger partial charge < -0.3 is 0 Å². The smallest absolute Gasteiger partial charge is 0.150 e. The second kappa shape index (κ2) is 11.8. The molecule has 0 amide bonds. The van der Waals surface area contributed by atoms with Crippen molar-refractivity contribution in [3.8, 4) is 11.5 Å². The van der Waals surface area contributed by atoms with Crippen molar-refractivity contribution < 1.29 is 0 Å². The number of hydrogen-bond donors (Lipinski definition) is 0. The van der Waals surface area contributed by atoms with Gasteiger partial charge in [-0.25, -0.2) is 0 Å². The van der Waals surface area contributed by atoms with Crippen LogP contribution >= 0.6 is 11.1 Å². The van der Waals surface area contributed by atoms with Crippen LogP contribution in [0.2, 0.25) is 38.8 Å². The molecule has 0 bridgehead atoms. The summed E-state index contributed by atoms with van der Waals surface area (Å²) >= 11 is 6.32. The molecule has 0 unspecified atom stereocenters. The maximum absolute atomic E-state index is 6.32. The Kier molecular flexibility index (Phi) is 12.0. The molecule has 0 heterocycles. The van der Waals surface area contributed by atoms with Crippen LogP contribution in [0, 0.1) is 11.5 Å². The first-order valence-corrected chi connectivity index (χ1v) is 16.6. The molecule has 0 spiro atoms. The van der Waals surface area contributed by atoms with Crippen LogP contribution in [0.3, 0.4) is 0 Å². The van der Waals surface area contributed by atoms with Crippen LogP contribution in [-0.2, 0) is 0 Å². The van der Waals surface area contributed by atoms with E-state index in [-0.39, 0.29) is 0 Å². The molecule has 0 aromatic carbocycles. The molecule has 0 aliphatic rings. The van der Waals surface area contributed by atoms with Gasteiger partial charge in [0.25, 0.3) is 0 Å². The summed E-state index contributed by atoms with van der Waals surface area (Å²) in [6.07, 6.45) is 13.6. The van der Waals surface area contributed by atoms with Crippen molar-refractivity contribution in [3.63, 3.8) is 0 Å². The normalized spacial score (nSPS) is 12.1. The van der Waals surface area contributed by atoms with E-state index < -0.39 is 15.5 Å². The van der Waals surface area contributed by atoms with Crippen molar-refractivity contribution in [1.82, 2.24) is 0 Å². The van der Waals surface area contributed by atoms with Crippen LogP contribution in [0.4, 0.5) is 0 Å². The molecule has 21 heavy (non-hydrogen) atoms. The lowest BCUT2D eigenvalue weighted by Gasteiger charge is -2.11. The Morgan fingerprint density at radius 2 is 1.10 bits per heavy atom. The Morgan fingerprint density at radius 1 is 0.667 bits per heavy atom. The van der Waals surface area contributed by atoms with E-state index in [0.29, 0.717) is 0 Å². The zero-order chi connectivity index (χ0) is 16.2. The maximum Gasteiger partial charge on any atom is 0.150 e. The molecule has 0 radical (unpaired) electrons. The van der Waals surface area contributed by atoms with Crippen LogP contribution in [0.25, 0.3) is 0 Å². The summed E-state index contributed by atoms with van der Waals surface area (Å²) in [7, 11) is -2.44. The van der Waals surface area contributed by atoms with E-state index in [2.05, 4.69) is 44.2 Å². The molecule has 0 aliphatic heterocycles. The number of hydrogen-bond acceptors (Lipinski definition) is 0. The minimum atomic E-state index is -1.30. The van der Waals surface area contributed by atoms with E-state index in [1.54, 1.807) is 0 Å². The number of rotatable bonds is 11.